The highest BCUT2D eigenvalue weighted by molar-refractivity contribution is 7.92. The van der Waals surface area contributed by atoms with Gasteiger partial charge in [-0.2, -0.15) is 0 Å². The van der Waals surface area contributed by atoms with E-state index in [2.05, 4.69) is 10.0 Å². The van der Waals surface area contributed by atoms with Gasteiger partial charge < -0.3 is 10.0 Å². The van der Waals surface area contributed by atoms with Crippen LogP contribution in [0.4, 0.5) is 21.9 Å². The van der Waals surface area contributed by atoms with Crippen LogP contribution < -0.4 is 19.8 Å². The van der Waals surface area contributed by atoms with Gasteiger partial charge >= 0.3 is 6.03 Å². The van der Waals surface area contributed by atoms with Gasteiger partial charge in [-0.05, 0) is 41.8 Å². The average molecular weight is 489 g/mol. The SMILES string of the molecule is CN(C(=O)c1cc(N2CCC(=O)NC2=O)cc(C(C)(C)C)c1O)c1ccc(NS(C)(=O)=O)cc1. The highest BCUT2D eigenvalue weighted by Gasteiger charge is 2.30. The summed E-state index contributed by atoms with van der Waals surface area (Å²) >= 11 is 0. The molecular formula is C23H28N4O6S. The van der Waals surface area contributed by atoms with Crippen LogP contribution in [-0.4, -0.2) is 51.2 Å². The van der Waals surface area contributed by atoms with E-state index in [1.165, 1.54) is 35.0 Å². The Morgan fingerprint density at radius 2 is 1.76 bits per heavy atom. The summed E-state index contributed by atoms with van der Waals surface area (Å²) in [5.74, 6) is -1.10. The lowest BCUT2D eigenvalue weighted by atomic mass is 9.84. The molecular weight excluding hydrogens is 460 g/mol. The maximum absolute atomic E-state index is 13.4. The fourth-order valence-electron chi connectivity index (χ4n) is 3.59. The largest absolute Gasteiger partial charge is 0.507 e. The van der Waals surface area contributed by atoms with Crippen molar-refractivity contribution in [2.45, 2.75) is 32.6 Å². The van der Waals surface area contributed by atoms with Crippen LogP contribution in [-0.2, 0) is 20.2 Å². The number of carbonyl (C=O) groups is 3. The first kappa shape index (κ1) is 25.0. The zero-order chi connectivity index (χ0) is 25.4. The molecule has 3 N–H and O–H groups in total. The molecule has 0 saturated carbocycles. The van der Waals surface area contributed by atoms with Crippen LogP contribution in [0.1, 0.15) is 43.1 Å². The maximum atomic E-state index is 13.4. The molecule has 0 aliphatic carbocycles. The summed E-state index contributed by atoms with van der Waals surface area (Å²) in [5, 5.41) is 13.3. The first-order valence-electron chi connectivity index (χ1n) is 10.5. The third kappa shape index (κ3) is 5.48. The van der Waals surface area contributed by atoms with Gasteiger partial charge in [0.2, 0.25) is 15.9 Å². The van der Waals surface area contributed by atoms with E-state index in [4.69, 9.17) is 0 Å². The number of phenols is 1. The molecule has 0 aromatic heterocycles. The molecule has 0 bridgehead atoms. The first-order valence-corrected chi connectivity index (χ1v) is 12.4. The van der Waals surface area contributed by atoms with E-state index in [-0.39, 0.29) is 30.2 Å². The zero-order valence-corrected chi connectivity index (χ0v) is 20.5. The normalized spacial score (nSPS) is 14.6. The van der Waals surface area contributed by atoms with Crippen molar-refractivity contribution < 1.29 is 27.9 Å². The van der Waals surface area contributed by atoms with E-state index in [0.717, 1.165) is 6.26 Å². The highest BCUT2D eigenvalue weighted by atomic mass is 32.2. The van der Waals surface area contributed by atoms with Gasteiger partial charge in [-0.15, -0.1) is 0 Å². The van der Waals surface area contributed by atoms with E-state index >= 15 is 0 Å². The van der Waals surface area contributed by atoms with Crippen molar-refractivity contribution in [3.8, 4) is 5.75 Å². The number of nitrogens with zero attached hydrogens (tertiary/aromatic N) is 2. The maximum Gasteiger partial charge on any atom is 0.328 e. The van der Waals surface area contributed by atoms with Crippen LogP contribution in [0, 0.1) is 0 Å². The molecule has 34 heavy (non-hydrogen) atoms. The number of benzene rings is 2. The Morgan fingerprint density at radius 3 is 2.29 bits per heavy atom. The molecule has 10 nitrogen and oxygen atoms in total. The van der Waals surface area contributed by atoms with Crippen molar-refractivity contribution in [3.05, 3.63) is 47.5 Å². The fourth-order valence-corrected chi connectivity index (χ4v) is 4.15. The fraction of sp³-hybridized carbons (Fsp3) is 0.348. The molecule has 0 radical (unpaired) electrons. The molecule has 1 aliphatic heterocycles. The van der Waals surface area contributed by atoms with Gasteiger partial charge in [0.05, 0.1) is 11.8 Å². The van der Waals surface area contributed by atoms with Gasteiger partial charge in [0, 0.05) is 42.6 Å². The van der Waals surface area contributed by atoms with Gasteiger partial charge in [0.1, 0.15) is 5.75 Å². The number of anilines is 3. The van der Waals surface area contributed by atoms with Crippen LogP contribution in [0.2, 0.25) is 0 Å². The summed E-state index contributed by atoms with van der Waals surface area (Å²) in [6.45, 7) is 5.77. The van der Waals surface area contributed by atoms with E-state index in [1.54, 1.807) is 18.2 Å². The van der Waals surface area contributed by atoms with E-state index < -0.39 is 27.4 Å². The predicted molar refractivity (Wildman–Crippen MR) is 130 cm³/mol. The van der Waals surface area contributed by atoms with Crippen LogP contribution >= 0.6 is 0 Å². The first-order chi connectivity index (χ1) is 15.7. The van der Waals surface area contributed by atoms with E-state index in [0.29, 0.717) is 22.6 Å². The number of sulfonamides is 1. The van der Waals surface area contributed by atoms with Crippen molar-refractivity contribution in [2.24, 2.45) is 0 Å². The highest BCUT2D eigenvalue weighted by Crippen LogP contribution is 2.38. The number of nitrogens with one attached hydrogen (secondary N) is 2. The van der Waals surface area contributed by atoms with Gasteiger partial charge in [0.25, 0.3) is 5.91 Å². The quantitative estimate of drug-likeness (QED) is 0.592. The molecule has 11 heteroatoms. The van der Waals surface area contributed by atoms with Gasteiger partial charge in [0.15, 0.2) is 0 Å². The summed E-state index contributed by atoms with van der Waals surface area (Å²) in [5.41, 5.74) is 1.11. The number of imide groups is 1. The summed E-state index contributed by atoms with van der Waals surface area (Å²) in [6.07, 6.45) is 1.16. The van der Waals surface area contributed by atoms with E-state index in [9.17, 15) is 27.9 Å². The summed E-state index contributed by atoms with van der Waals surface area (Å²) in [6, 6.07) is 8.66. The topological polar surface area (TPSA) is 136 Å². The molecule has 2 aromatic rings. The summed E-state index contributed by atoms with van der Waals surface area (Å²) < 4.78 is 25.2. The van der Waals surface area contributed by atoms with Gasteiger partial charge in [-0.1, -0.05) is 20.8 Å². The number of urea groups is 1. The monoisotopic (exact) mass is 488 g/mol. The third-order valence-electron chi connectivity index (χ3n) is 5.36. The second-order valence-corrected chi connectivity index (χ2v) is 10.9. The minimum Gasteiger partial charge on any atom is -0.507 e. The zero-order valence-electron chi connectivity index (χ0n) is 19.7. The van der Waals surface area contributed by atoms with Gasteiger partial charge in [-0.3, -0.25) is 24.5 Å². The molecule has 0 spiro atoms. The number of amides is 4. The molecule has 0 atom stereocenters. The average Bonchev–Trinajstić information content (AvgIpc) is 2.72. The molecule has 1 aliphatic rings. The summed E-state index contributed by atoms with van der Waals surface area (Å²) in [4.78, 5) is 40.0. The predicted octanol–water partition coefficient (Wildman–Crippen LogP) is 2.78. The Balaban J connectivity index is 2.01. The molecule has 4 amide bonds. The summed E-state index contributed by atoms with van der Waals surface area (Å²) in [7, 11) is -1.92. The Labute approximate surface area is 198 Å². The van der Waals surface area contributed by atoms with Crippen LogP contribution in [0.3, 0.4) is 0 Å². The Bertz CT molecular complexity index is 1250. The van der Waals surface area contributed by atoms with Crippen LogP contribution in [0.5, 0.6) is 5.75 Å². The molecule has 1 heterocycles. The molecule has 1 fully saturated rings. The minimum absolute atomic E-state index is 0.00652. The number of rotatable bonds is 5. The molecule has 3 rings (SSSR count). The third-order valence-corrected chi connectivity index (χ3v) is 5.97. The minimum atomic E-state index is -3.44. The van der Waals surface area contributed by atoms with Crippen molar-refractivity contribution in [1.29, 1.82) is 0 Å². The van der Waals surface area contributed by atoms with Crippen molar-refractivity contribution >= 4 is 44.9 Å². The second kappa shape index (κ2) is 8.98. The van der Waals surface area contributed by atoms with E-state index in [1.807, 2.05) is 20.8 Å². The number of hydrogen-bond donors (Lipinski definition) is 3. The second-order valence-electron chi connectivity index (χ2n) is 9.18. The standard InChI is InChI=1S/C23H28N4O6S/c1-23(2,3)18-13-16(27-11-10-19(28)24-22(27)31)12-17(20(18)29)21(30)26(4)15-8-6-14(7-9-15)25-34(5,32)33/h6-9,12-13,25,29H,10-11H2,1-5H3,(H,24,28,31). The lowest BCUT2D eigenvalue weighted by Gasteiger charge is -2.30. The lowest BCUT2D eigenvalue weighted by Crippen LogP contribution is -2.49. The molecule has 0 unspecified atom stereocenters. The van der Waals surface area contributed by atoms with Crippen molar-refractivity contribution in [1.82, 2.24) is 5.32 Å². The Kier molecular flexibility index (Phi) is 6.61. The Morgan fingerprint density at radius 1 is 1.15 bits per heavy atom. The van der Waals surface area contributed by atoms with Crippen molar-refractivity contribution in [3.63, 3.8) is 0 Å². The van der Waals surface area contributed by atoms with Gasteiger partial charge in [-0.25, -0.2) is 13.2 Å². The van der Waals surface area contributed by atoms with Crippen molar-refractivity contribution in [2.75, 3.05) is 34.4 Å². The number of aromatic hydroxyl groups is 1. The number of phenolic OH excluding ortho intramolecular Hbond substituents is 1. The Hall–Kier alpha value is -3.60. The lowest BCUT2D eigenvalue weighted by molar-refractivity contribution is -0.120. The number of hydrogen-bond acceptors (Lipinski definition) is 6. The van der Waals surface area contributed by atoms with Crippen LogP contribution in [0.15, 0.2) is 36.4 Å². The smallest absolute Gasteiger partial charge is 0.328 e. The number of carbonyl (C=O) groups excluding carboxylic acids is 3. The molecule has 182 valence electrons. The molecule has 2 aromatic carbocycles. The molecule has 1 saturated heterocycles. The van der Waals surface area contributed by atoms with Crippen LogP contribution in [0.25, 0.3) is 0 Å².